The average molecular weight is 285 g/mol. The van der Waals surface area contributed by atoms with Gasteiger partial charge < -0.3 is 10.5 Å². The maximum Gasteiger partial charge on any atom is 0.120 e. The molecule has 0 saturated heterocycles. The highest BCUT2D eigenvalue weighted by Crippen LogP contribution is 2.15. The van der Waals surface area contributed by atoms with Crippen LogP contribution in [0.3, 0.4) is 0 Å². The highest BCUT2D eigenvalue weighted by Gasteiger charge is 1.97. The molecule has 0 atom stereocenters. The Bertz CT molecular complexity index is 593. The molecule has 0 spiro atoms. The lowest BCUT2D eigenvalue weighted by molar-refractivity contribution is 0.344. The summed E-state index contributed by atoms with van der Waals surface area (Å²) in [5.74, 6) is 7.44. The fourth-order valence-electron chi connectivity index (χ4n) is 1.48. The molecule has 0 unspecified atom stereocenters. The molecule has 2 aromatic rings. The first-order valence-electron chi connectivity index (χ1n) is 6.19. The second kappa shape index (κ2) is 8.20. The van der Waals surface area contributed by atoms with Gasteiger partial charge in [0.1, 0.15) is 10.8 Å². The molecule has 0 aliphatic heterocycles. The van der Waals surface area contributed by atoms with E-state index in [2.05, 4.69) is 21.8 Å². The third-order valence-corrected chi connectivity index (χ3v) is 3.19. The molecule has 2 rings (SSSR count). The molecule has 4 nitrogen and oxygen atoms in total. The van der Waals surface area contributed by atoms with Gasteiger partial charge in [-0.15, -0.1) is 11.8 Å². The van der Waals surface area contributed by atoms with Crippen molar-refractivity contribution >= 4 is 11.8 Å². The van der Waals surface area contributed by atoms with Crippen LogP contribution in [-0.2, 0) is 0 Å². The summed E-state index contributed by atoms with van der Waals surface area (Å²) >= 11 is 1.61. The zero-order valence-corrected chi connectivity index (χ0v) is 11.8. The Hall–Kier alpha value is -2.03. The second-order valence-corrected chi connectivity index (χ2v) is 4.89. The molecule has 0 aliphatic carbocycles. The summed E-state index contributed by atoms with van der Waals surface area (Å²) in [4.78, 5) is 8.20. The summed E-state index contributed by atoms with van der Waals surface area (Å²) in [6.07, 6.45) is 5.09. The van der Waals surface area contributed by atoms with Crippen LogP contribution >= 0.6 is 11.8 Å². The van der Waals surface area contributed by atoms with Crippen LogP contribution < -0.4 is 10.5 Å². The highest BCUT2D eigenvalue weighted by molar-refractivity contribution is 7.99. The van der Waals surface area contributed by atoms with E-state index in [0.29, 0.717) is 13.2 Å². The summed E-state index contributed by atoms with van der Waals surface area (Å²) in [5, 5.41) is 0.902. The topological polar surface area (TPSA) is 61.0 Å². The quantitative estimate of drug-likeness (QED) is 0.517. The number of rotatable bonds is 5. The van der Waals surface area contributed by atoms with Gasteiger partial charge in [-0.05, 0) is 18.2 Å². The van der Waals surface area contributed by atoms with Crippen LogP contribution in [0.5, 0.6) is 5.75 Å². The zero-order chi connectivity index (χ0) is 14.0. The Morgan fingerprint density at radius 2 is 2.25 bits per heavy atom. The van der Waals surface area contributed by atoms with E-state index in [4.69, 9.17) is 10.5 Å². The predicted molar refractivity (Wildman–Crippen MR) is 80.6 cm³/mol. The average Bonchev–Trinajstić information content (AvgIpc) is 2.51. The molecular formula is C15H15N3OS. The Balaban J connectivity index is 1.79. The van der Waals surface area contributed by atoms with Crippen molar-refractivity contribution in [1.82, 2.24) is 9.97 Å². The van der Waals surface area contributed by atoms with Crippen molar-refractivity contribution in [2.24, 2.45) is 5.73 Å². The second-order valence-electron chi connectivity index (χ2n) is 3.77. The van der Waals surface area contributed by atoms with Crippen molar-refractivity contribution in [1.29, 1.82) is 0 Å². The van der Waals surface area contributed by atoms with Gasteiger partial charge in [-0.25, -0.2) is 4.98 Å². The van der Waals surface area contributed by atoms with Gasteiger partial charge in [0.05, 0.1) is 19.3 Å². The standard InChI is InChI=1S/C15H15N3OS/c16-6-2-4-13-3-1-5-14(11-13)19-9-10-20-15-12-17-7-8-18-15/h1,3,5,7-8,11-12H,6,9-10,16H2. The van der Waals surface area contributed by atoms with Crippen LogP contribution in [0.1, 0.15) is 5.56 Å². The van der Waals surface area contributed by atoms with E-state index in [1.54, 1.807) is 30.4 Å². The molecule has 5 heteroatoms. The first kappa shape index (κ1) is 14.4. The first-order valence-corrected chi connectivity index (χ1v) is 7.17. The number of benzene rings is 1. The van der Waals surface area contributed by atoms with Gasteiger partial charge in [0.15, 0.2) is 0 Å². The van der Waals surface area contributed by atoms with Gasteiger partial charge in [-0.1, -0.05) is 17.9 Å². The largest absolute Gasteiger partial charge is 0.493 e. The van der Waals surface area contributed by atoms with Crippen LogP contribution in [-0.4, -0.2) is 28.9 Å². The molecule has 1 heterocycles. The summed E-state index contributed by atoms with van der Waals surface area (Å²) in [7, 11) is 0. The van der Waals surface area contributed by atoms with Crippen molar-refractivity contribution in [2.75, 3.05) is 18.9 Å². The Labute approximate surface area is 122 Å². The molecule has 20 heavy (non-hydrogen) atoms. The minimum Gasteiger partial charge on any atom is -0.493 e. The Kier molecular flexibility index (Phi) is 5.90. The lowest BCUT2D eigenvalue weighted by atomic mass is 10.2. The summed E-state index contributed by atoms with van der Waals surface area (Å²) in [5.41, 5.74) is 6.26. The third kappa shape index (κ3) is 4.92. The van der Waals surface area contributed by atoms with Crippen LogP contribution in [0, 0.1) is 11.8 Å². The predicted octanol–water partition coefficient (Wildman–Crippen LogP) is 1.96. The molecule has 0 aliphatic rings. The van der Waals surface area contributed by atoms with E-state index in [9.17, 15) is 0 Å². The van der Waals surface area contributed by atoms with Gasteiger partial charge >= 0.3 is 0 Å². The van der Waals surface area contributed by atoms with Crippen molar-refractivity contribution in [3.63, 3.8) is 0 Å². The molecule has 1 aromatic heterocycles. The number of aromatic nitrogens is 2. The number of nitrogens with zero attached hydrogens (tertiary/aromatic N) is 2. The Morgan fingerprint density at radius 1 is 1.30 bits per heavy atom. The van der Waals surface area contributed by atoms with Gasteiger partial charge in [0.2, 0.25) is 0 Å². The molecule has 102 valence electrons. The fraction of sp³-hybridized carbons (Fsp3) is 0.200. The van der Waals surface area contributed by atoms with E-state index in [0.717, 1.165) is 22.1 Å². The van der Waals surface area contributed by atoms with Gasteiger partial charge in [0, 0.05) is 23.7 Å². The summed E-state index contributed by atoms with van der Waals surface area (Å²) in [6.45, 7) is 0.967. The van der Waals surface area contributed by atoms with E-state index < -0.39 is 0 Å². The molecule has 0 amide bonds. The minimum atomic E-state index is 0.361. The lowest BCUT2D eigenvalue weighted by Gasteiger charge is -2.05. The maximum absolute atomic E-state index is 5.68. The van der Waals surface area contributed by atoms with Crippen molar-refractivity contribution in [2.45, 2.75) is 5.03 Å². The van der Waals surface area contributed by atoms with Crippen molar-refractivity contribution in [3.8, 4) is 17.6 Å². The SMILES string of the molecule is NCC#Cc1cccc(OCCSc2cnccn2)c1. The zero-order valence-electron chi connectivity index (χ0n) is 11.0. The molecular weight excluding hydrogens is 270 g/mol. The van der Waals surface area contributed by atoms with E-state index in [1.165, 1.54) is 0 Å². The van der Waals surface area contributed by atoms with Crippen LogP contribution in [0.2, 0.25) is 0 Å². The summed E-state index contributed by atoms with van der Waals surface area (Å²) < 4.78 is 5.68. The van der Waals surface area contributed by atoms with E-state index >= 15 is 0 Å². The lowest BCUT2D eigenvalue weighted by Crippen LogP contribution is -2.00. The third-order valence-electron chi connectivity index (χ3n) is 2.31. The number of hydrogen-bond donors (Lipinski definition) is 1. The molecule has 0 radical (unpaired) electrons. The monoisotopic (exact) mass is 285 g/mol. The van der Waals surface area contributed by atoms with Gasteiger partial charge in [0.25, 0.3) is 0 Å². The molecule has 1 aromatic carbocycles. The fourth-order valence-corrected chi connectivity index (χ4v) is 2.13. The van der Waals surface area contributed by atoms with Crippen LogP contribution in [0.15, 0.2) is 47.9 Å². The van der Waals surface area contributed by atoms with Gasteiger partial charge in [-0.3, -0.25) is 4.98 Å². The number of ether oxygens (including phenoxy) is 1. The summed E-state index contributed by atoms with van der Waals surface area (Å²) in [6, 6.07) is 7.69. The number of hydrogen-bond acceptors (Lipinski definition) is 5. The van der Waals surface area contributed by atoms with Crippen LogP contribution in [0.25, 0.3) is 0 Å². The first-order chi connectivity index (χ1) is 9.88. The van der Waals surface area contributed by atoms with Crippen molar-refractivity contribution in [3.05, 3.63) is 48.4 Å². The van der Waals surface area contributed by atoms with E-state index in [-0.39, 0.29) is 0 Å². The molecule has 2 N–H and O–H groups in total. The molecule has 0 bridgehead atoms. The minimum absolute atomic E-state index is 0.361. The normalized spacial score (nSPS) is 9.65. The maximum atomic E-state index is 5.68. The van der Waals surface area contributed by atoms with Crippen molar-refractivity contribution < 1.29 is 4.74 Å². The van der Waals surface area contributed by atoms with E-state index in [1.807, 2.05) is 24.3 Å². The van der Waals surface area contributed by atoms with Crippen LogP contribution in [0.4, 0.5) is 0 Å². The highest BCUT2D eigenvalue weighted by atomic mass is 32.2. The Morgan fingerprint density at radius 3 is 3.05 bits per heavy atom. The number of thioether (sulfide) groups is 1. The molecule has 0 fully saturated rings. The smallest absolute Gasteiger partial charge is 0.120 e. The number of nitrogens with two attached hydrogens (primary N) is 1. The van der Waals surface area contributed by atoms with Gasteiger partial charge in [-0.2, -0.15) is 0 Å². The molecule has 0 saturated carbocycles.